The maximum absolute atomic E-state index is 2.50. The molecular weight excluding hydrogens is 466 g/mol. The van der Waals surface area contributed by atoms with Crippen LogP contribution in [0.4, 0.5) is 0 Å². The largest absolute Gasteiger partial charge is 0.308 e. The molecule has 8 aromatic rings. The first kappa shape index (κ1) is 21.2. The molecule has 0 spiro atoms. The molecule has 2 heteroatoms. The second kappa shape index (κ2) is 7.34. The zero-order valence-corrected chi connectivity index (χ0v) is 22.1. The lowest BCUT2D eigenvalue weighted by atomic mass is 9.87. The molecule has 0 radical (unpaired) electrons. The van der Waals surface area contributed by atoms with Crippen molar-refractivity contribution in [3.8, 4) is 11.1 Å². The molecule has 0 atom stereocenters. The van der Waals surface area contributed by atoms with Gasteiger partial charge in [-0.3, -0.25) is 0 Å². The van der Waals surface area contributed by atoms with Crippen molar-refractivity contribution in [2.24, 2.45) is 5.41 Å². The van der Waals surface area contributed by atoms with Gasteiger partial charge in [-0.15, -0.1) is 11.3 Å². The highest BCUT2D eigenvalue weighted by Crippen LogP contribution is 2.46. The maximum Gasteiger partial charge on any atom is 0.0621 e. The number of aromatic nitrogens is 1. The summed E-state index contributed by atoms with van der Waals surface area (Å²) in [6, 6.07) is 36.4. The molecule has 0 aliphatic heterocycles. The minimum Gasteiger partial charge on any atom is -0.308 e. The molecule has 0 fully saturated rings. The minimum atomic E-state index is 0.274. The summed E-state index contributed by atoms with van der Waals surface area (Å²) in [7, 11) is 0. The fourth-order valence-corrected chi connectivity index (χ4v) is 7.66. The molecular formula is C35H27NS. The summed E-state index contributed by atoms with van der Waals surface area (Å²) >= 11 is 1.92. The number of thiophene rings is 1. The summed E-state index contributed by atoms with van der Waals surface area (Å²) in [6.45, 7) is 6.92. The normalized spacial score (nSPS) is 12.8. The Morgan fingerprint density at radius 1 is 0.622 bits per heavy atom. The fourth-order valence-electron chi connectivity index (χ4n) is 6.40. The molecule has 8 rings (SSSR count). The van der Waals surface area contributed by atoms with Crippen molar-refractivity contribution in [1.82, 2.24) is 4.40 Å². The summed E-state index contributed by atoms with van der Waals surface area (Å²) in [5, 5.41) is 8.14. The van der Waals surface area contributed by atoms with Gasteiger partial charge < -0.3 is 4.40 Å². The first-order chi connectivity index (χ1) is 18.0. The van der Waals surface area contributed by atoms with E-state index in [4.69, 9.17) is 0 Å². The van der Waals surface area contributed by atoms with Gasteiger partial charge in [-0.2, -0.15) is 0 Å². The SMILES string of the molecule is CC(C)(C)Cc1cccc(-c2ccc3c(c2)c2cccc4c5c6sc7ccccc7c6ccc5n3c24)c1. The topological polar surface area (TPSA) is 4.41 Å². The highest BCUT2D eigenvalue weighted by atomic mass is 32.1. The molecule has 3 aromatic heterocycles. The van der Waals surface area contributed by atoms with E-state index in [2.05, 4.69) is 122 Å². The summed E-state index contributed by atoms with van der Waals surface area (Å²) in [5.74, 6) is 0. The molecule has 3 heterocycles. The van der Waals surface area contributed by atoms with E-state index in [0.717, 1.165) is 6.42 Å². The van der Waals surface area contributed by atoms with Gasteiger partial charge in [-0.1, -0.05) is 93.6 Å². The first-order valence-corrected chi connectivity index (χ1v) is 13.9. The van der Waals surface area contributed by atoms with E-state index in [9.17, 15) is 0 Å². The lowest BCUT2D eigenvalue weighted by Crippen LogP contribution is -2.08. The van der Waals surface area contributed by atoms with Crippen molar-refractivity contribution in [2.45, 2.75) is 27.2 Å². The molecule has 1 nitrogen and oxygen atoms in total. The van der Waals surface area contributed by atoms with E-state index >= 15 is 0 Å². The minimum absolute atomic E-state index is 0.274. The Morgan fingerprint density at radius 2 is 1.38 bits per heavy atom. The van der Waals surface area contributed by atoms with Crippen LogP contribution in [0.1, 0.15) is 26.3 Å². The molecule has 0 unspecified atom stereocenters. The Hall–Kier alpha value is -3.88. The lowest BCUT2D eigenvalue weighted by molar-refractivity contribution is 0.411. The van der Waals surface area contributed by atoms with Crippen molar-refractivity contribution in [2.75, 3.05) is 0 Å². The fraction of sp³-hybridized carbons (Fsp3) is 0.143. The van der Waals surface area contributed by atoms with Crippen molar-refractivity contribution in [3.63, 3.8) is 0 Å². The Labute approximate surface area is 219 Å². The van der Waals surface area contributed by atoms with E-state index in [1.54, 1.807) is 0 Å². The van der Waals surface area contributed by atoms with Crippen molar-refractivity contribution in [3.05, 3.63) is 103 Å². The molecule has 37 heavy (non-hydrogen) atoms. The summed E-state index contributed by atoms with van der Waals surface area (Å²) in [5.41, 5.74) is 8.19. The number of benzene rings is 5. The molecule has 0 aliphatic rings. The molecule has 0 amide bonds. The summed E-state index contributed by atoms with van der Waals surface area (Å²) < 4.78 is 5.26. The second-order valence-electron chi connectivity index (χ2n) is 11.6. The standard InChI is InChI=1S/C35H27NS/c1-35(2,3)20-21-8-6-9-22(18-21)23-14-16-29-28(19-23)25-11-7-12-27-32-30(36(29)33(25)27)17-15-26-24-10-4-5-13-31(24)37-34(26)32/h4-19H,20H2,1-3H3. The van der Waals surface area contributed by atoms with Crippen LogP contribution in [-0.2, 0) is 6.42 Å². The third kappa shape index (κ3) is 3.03. The van der Waals surface area contributed by atoms with Crippen LogP contribution in [0.5, 0.6) is 0 Å². The zero-order valence-electron chi connectivity index (χ0n) is 21.3. The van der Waals surface area contributed by atoms with Gasteiger partial charge >= 0.3 is 0 Å². The van der Waals surface area contributed by atoms with Crippen LogP contribution >= 0.6 is 11.3 Å². The number of rotatable bonds is 2. The monoisotopic (exact) mass is 493 g/mol. The second-order valence-corrected chi connectivity index (χ2v) is 12.7. The smallest absolute Gasteiger partial charge is 0.0621 e. The average Bonchev–Trinajstić information content (AvgIpc) is 3.54. The number of nitrogens with zero attached hydrogens (tertiary/aromatic N) is 1. The predicted molar refractivity (Wildman–Crippen MR) is 163 cm³/mol. The molecule has 178 valence electrons. The zero-order chi connectivity index (χ0) is 24.9. The number of hydrogen-bond acceptors (Lipinski definition) is 1. The van der Waals surface area contributed by atoms with Gasteiger partial charge in [-0.05, 0) is 52.8 Å². The van der Waals surface area contributed by atoms with Crippen molar-refractivity contribution >= 4 is 69.6 Å². The van der Waals surface area contributed by atoms with Crippen LogP contribution < -0.4 is 0 Å². The molecule has 5 aromatic carbocycles. The number of fused-ring (bicyclic) bond motifs is 10. The Morgan fingerprint density at radius 3 is 2.27 bits per heavy atom. The first-order valence-electron chi connectivity index (χ1n) is 13.1. The number of para-hydroxylation sites is 1. The highest BCUT2D eigenvalue weighted by Gasteiger charge is 2.20. The van der Waals surface area contributed by atoms with Gasteiger partial charge in [0.25, 0.3) is 0 Å². The summed E-state index contributed by atoms with van der Waals surface area (Å²) in [6.07, 6.45) is 1.08. The Bertz CT molecular complexity index is 2150. The highest BCUT2D eigenvalue weighted by molar-refractivity contribution is 7.26. The van der Waals surface area contributed by atoms with Crippen LogP contribution in [0.3, 0.4) is 0 Å². The molecule has 0 saturated carbocycles. The summed E-state index contributed by atoms with van der Waals surface area (Å²) in [4.78, 5) is 0. The Kier molecular flexibility index (Phi) is 4.21. The molecule has 0 aliphatic carbocycles. The van der Waals surface area contributed by atoms with Gasteiger partial charge in [0, 0.05) is 41.7 Å². The van der Waals surface area contributed by atoms with E-state index in [0.29, 0.717) is 0 Å². The molecule has 0 bridgehead atoms. The predicted octanol–water partition coefficient (Wildman–Crippen LogP) is 10.5. The van der Waals surface area contributed by atoms with E-state index in [-0.39, 0.29) is 5.41 Å². The maximum atomic E-state index is 2.50. The van der Waals surface area contributed by atoms with Gasteiger partial charge in [0.1, 0.15) is 0 Å². The Balaban J connectivity index is 1.41. The van der Waals surface area contributed by atoms with Gasteiger partial charge in [0.2, 0.25) is 0 Å². The van der Waals surface area contributed by atoms with Gasteiger partial charge in [0.05, 0.1) is 16.6 Å². The van der Waals surface area contributed by atoms with Gasteiger partial charge in [0.15, 0.2) is 0 Å². The van der Waals surface area contributed by atoms with E-state index in [1.165, 1.54) is 75.0 Å². The quantitative estimate of drug-likeness (QED) is 0.226. The third-order valence-electron chi connectivity index (χ3n) is 7.82. The van der Waals surface area contributed by atoms with Crippen LogP contribution in [0.2, 0.25) is 0 Å². The lowest BCUT2D eigenvalue weighted by Gasteiger charge is -2.18. The van der Waals surface area contributed by atoms with Crippen LogP contribution in [0.25, 0.3) is 69.4 Å². The average molecular weight is 494 g/mol. The van der Waals surface area contributed by atoms with Crippen LogP contribution in [-0.4, -0.2) is 4.40 Å². The van der Waals surface area contributed by atoms with E-state index < -0.39 is 0 Å². The molecule has 0 saturated heterocycles. The van der Waals surface area contributed by atoms with Crippen LogP contribution in [0, 0.1) is 5.41 Å². The number of hydrogen-bond donors (Lipinski definition) is 0. The van der Waals surface area contributed by atoms with E-state index in [1.807, 2.05) is 11.3 Å². The van der Waals surface area contributed by atoms with Crippen LogP contribution in [0.15, 0.2) is 97.1 Å². The van der Waals surface area contributed by atoms with Crippen molar-refractivity contribution < 1.29 is 0 Å². The third-order valence-corrected chi connectivity index (χ3v) is 9.02. The molecule has 0 N–H and O–H groups in total. The van der Waals surface area contributed by atoms with Gasteiger partial charge in [-0.25, -0.2) is 0 Å². The van der Waals surface area contributed by atoms with Crippen molar-refractivity contribution in [1.29, 1.82) is 0 Å².